The first-order valence-corrected chi connectivity index (χ1v) is 7.22. The number of amides is 1. The van der Waals surface area contributed by atoms with Crippen LogP contribution in [0.5, 0.6) is 0 Å². The van der Waals surface area contributed by atoms with E-state index in [0.29, 0.717) is 18.9 Å². The van der Waals surface area contributed by atoms with Gasteiger partial charge in [-0.1, -0.05) is 13.3 Å². The molecule has 0 aliphatic carbocycles. The minimum absolute atomic E-state index is 0.00560. The second-order valence-electron chi connectivity index (χ2n) is 6.53. The van der Waals surface area contributed by atoms with Gasteiger partial charge in [0.25, 0.3) is 0 Å². The lowest BCUT2D eigenvalue weighted by Gasteiger charge is -2.39. The predicted molar refractivity (Wildman–Crippen MR) is 75.0 cm³/mol. The number of Topliss-reactive ketones (excluding diaryl/α,β-unsaturated/α-hetero) is 1. The molecule has 0 radical (unpaired) electrons. The quantitative estimate of drug-likeness (QED) is 0.789. The van der Waals surface area contributed by atoms with Crippen LogP contribution in [0.4, 0.5) is 4.79 Å². The van der Waals surface area contributed by atoms with Crippen molar-refractivity contribution in [3.05, 3.63) is 0 Å². The molecule has 0 bridgehead atoms. The Morgan fingerprint density at radius 1 is 1.32 bits per heavy atom. The molecular weight excluding hydrogens is 242 g/mol. The fraction of sp³-hybridized carbons (Fsp3) is 0.867. The monoisotopic (exact) mass is 269 g/mol. The standard InChI is InChI=1S/C15H27NO3/c1-6-12-7-8-16(13(10-12)9-11(2)17)14(18)19-15(3,4)5/h12-13H,6-10H2,1-5H3. The number of ketones is 1. The fourth-order valence-corrected chi connectivity index (χ4v) is 2.59. The number of ether oxygens (including phenoxy) is 1. The van der Waals surface area contributed by atoms with Crippen LogP contribution in [-0.4, -0.2) is 35.0 Å². The van der Waals surface area contributed by atoms with Gasteiger partial charge >= 0.3 is 6.09 Å². The minimum Gasteiger partial charge on any atom is -0.444 e. The largest absolute Gasteiger partial charge is 0.444 e. The lowest BCUT2D eigenvalue weighted by Crippen LogP contribution is -2.48. The minimum atomic E-state index is -0.487. The normalized spacial score (nSPS) is 24.2. The number of carbonyl (C=O) groups excluding carboxylic acids is 2. The molecule has 0 aromatic carbocycles. The van der Waals surface area contributed by atoms with Crippen LogP contribution in [0, 0.1) is 5.92 Å². The Kier molecular flexibility index (Phi) is 5.39. The summed E-state index contributed by atoms with van der Waals surface area (Å²) in [7, 11) is 0. The topological polar surface area (TPSA) is 46.6 Å². The number of hydrogen-bond acceptors (Lipinski definition) is 3. The van der Waals surface area contributed by atoms with E-state index >= 15 is 0 Å². The molecule has 0 aromatic rings. The van der Waals surface area contributed by atoms with Crippen molar-refractivity contribution in [2.45, 2.75) is 71.9 Å². The maximum Gasteiger partial charge on any atom is 0.410 e. The molecule has 0 spiro atoms. The molecule has 1 saturated heterocycles. The Labute approximate surface area is 116 Å². The Morgan fingerprint density at radius 2 is 1.95 bits per heavy atom. The molecule has 0 saturated carbocycles. The lowest BCUT2D eigenvalue weighted by molar-refractivity contribution is -0.118. The first-order valence-electron chi connectivity index (χ1n) is 7.22. The van der Waals surface area contributed by atoms with Gasteiger partial charge in [0, 0.05) is 19.0 Å². The summed E-state index contributed by atoms with van der Waals surface area (Å²) in [6.45, 7) is 10.0. The number of piperidine rings is 1. The Balaban J connectivity index is 2.72. The van der Waals surface area contributed by atoms with E-state index in [1.165, 1.54) is 0 Å². The predicted octanol–water partition coefficient (Wildman–Crippen LogP) is 3.39. The first-order chi connectivity index (χ1) is 8.73. The van der Waals surface area contributed by atoms with E-state index in [-0.39, 0.29) is 17.9 Å². The molecule has 1 aliphatic rings. The van der Waals surface area contributed by atoms with Crippen LogP contribution >= 0.6 is 0 Å². The Morgan fingerprint density at radius 3 is 2.42 bits per heavy atom. The Hall–Kier alpha value is -1.06. The summed E-state index contributed by atoms with van der Waals surface area (Å²) < 4.78 is 5.43. The summed E-state index contributed by atoms with van der Waals surface area (Å²) in [5.74, 6) is 0.748. The summed E-state index contributed by atoms with van der Waals surface area (Å²) in [6, 6.07) is 0.00560. The number of carbonyl (C=O) groups is 2. The zero-order chi connectivity index (χ0) is 14.6. The van der Waals surface area contributed by atoms with Crippen molar-refractivity contribution in [1.82, 2.24) is 4.90 Å². The van der Waals surface area contributed by atoms with E-state index in [4.69, 9.17) is 4.74 Å². The molecule has 110 valence electrons. The molecule has 1 amide bonds. The highest BCUT2D eigenvalue weighted by atomic mass is 16.6. The molecule has 19 heavy (non-hydrogen) atoms. The Bertz CT molecular complexity index is 333. The van der Waals surface area contributed by atoms with E-state index < -0.39 is 5.60 Å². The van der Waals surface area contributed by atoms with Crippen molar-refractivity contribution in [1.29, 1.82) is 0 Å². The number of rotatable bonds is 3. The molecule has 4 heteroatoms. The summed E-state index contributed by atoms with van der Waals surface area (Å²) in [4.78, 5) is 25.3. The van der Waals surface area contributed by atoms with Crippen molar-refractivity contribution in [2.24, 2.45) is 5.92 Å². The summed E-state index contributed by atoms with van der Waals surface area (Å²) >= 11 is 0. The molecule has 2 atom stereocenters. The second kappa shape index (κ2) is 6.40. The van der Waals surface area contributed by atoms with E-state index in [1.54, 1.807) is 11.8 Å². The van der Waals surface area contributed by atoms with Gasteiger partial charge in [0.05, 0.1) is 0 Å². The zero-order valence-electron chi connectivity index (χ0n) is 12.9. The van der Waals surface area contributed by atoms with Gasteiger partial charge in [-0.2, -0.15) is 0 Å². The van der Waals surface area contributed by atoms with Crippen LogP contribution < -0.4 is 0 Å². The van der Waals surface area contributed by atoms with E-state index in [9.17, 15) is 9.59 Å². The van der Waals surface area contributed by atoms with Crippen LogP contribution in [0.1, 0.15) is 60.3 Å². The molecule has 1 aliphatic heterocycles. The highest BCUT2D eigenvalue weighted by Crippen LogP contribution is 2.28. The van der Waals surface area contributed by atoms with Gasteiger partial charge in [0.1, 0.15) is 11.4 Å². The highest BCUT2D eigenvalue weighted by Gasteiger charge is 2.34. The molecule has 2 unspecified atom stereocenters. The van der Waals surface area contributed by atoms with Crippen LogP contribution in [0.2, 0.25) is 0 Å². The van der Waals surface area contributed by atoms with E-state index in [0.717, 1.165) is 19.3 Å². The first kappa shape index (κ1) is 16.0. The average molecular weight is 269 g/mol. The smallest absolute Gasteiger partial charge is 0.410 e. The molecule has 0 aromatic heterocycles. The number of nitrogens with zero attached hydrogens (tertiary/aromatic N) is 1. The fourth-order valence-electron chi connectivity index (χ4n) is 2.59. The van der Waals surface area contributed by atoms with Crippen LogP contribution in [0.3, 0.4) is 0 Å². The van der Waals surface area contributed by atoms with Gasteiger partial charge in [-0.25, -0.2) is 4.79 Å². The third kappa shape index (κ3) is 5.21. The molecule has 1 rings (SSSR count). The zero-order valence-corrected chi connectivity index (χ0v) is 12.9. The van der Waals surface area contributed by atoms with Gasteiger partial charge < -0.3 is 9.64 Å². The molecule has 0 N–H and O–H groups in total. The van der Waals surface area contributed by atoms with E-state index in [1.807, 2.05) is 20.8 Å². The molecule has 4 nitrogen and oxygen atoms in total. The second-order valence-corrected chi connectivity index (χ2v) is 6.53. The molecular formula is C15H27NO3. The van der Waals surface area contributed by atoms with Crippen molar-refractivity contribution < 1.29 is 14.3 Å². The summed E-state index contributed by atoms with van der Waals surface area (Å²) in [5.41, 5.74) is -0.487. The van der Waals surface area contributed by atoms with Crippen molar-refractivity contribution >= 4 is 11.9 Å². The summed E-state index contributed by atoms with van der Waals surface area (Å²) in [6.07, 6.45) is 3.18. The van der Waals surface area contributed by atoms with E-state index in [2.05, 4.69) is 6.92 Å². The SMILES string of the molecule is CCC1CCN(C(=O)OC(C)(C)C)C(CC(C)=O)C1. The maximum atomic E-state index is 12.2. The van der Waals surface area contributed by atoms with Gasteiger partial charge in [0.2, 0.25) is 0 Å². The average Bonchev–Trinajstić information content (AvgIpc) is 2.25. The number of likely N-dealkylation sites (tertiary alicyclic amines) is 1. The van der Waals surface area contributed by atoms with Crippen molar-refractivity contribution in [3.63, 3.8) is 0 Å². The molecule has 1 heterocycles. The van der Waals surface area contributed by atoms with Crippen molar-refractivity contribution in [2.75, 3.05) is 6.54 Å². The summed E-state index contributed by atoms with van der Waals surface area (Å²) in [5, 5.41) is 0. The lowest BCUT2D eigenvalue weighted by atomic mass is 9.87. The van der Waals surface area contributed by atoms with Crippen molar-refractivity contribution in [3.8, 4) is 0 Å². The highest BCUT2D eigenvalue weighted by molar-refractivity contribution is 5.77. The third-order valence-electron chi connectivity index (χ3n) is 3.55. The molecule has 1 fully saturated rings. The van der Waals surface area contributed by atoms with Gasteiger partial charge in [-0.15, -0.1) is 0 Å². The number of hydrogen-bond donors (Lipinski definition) is 0. The van der Waals surface area contributed by atoms with Gasteiger partial charge in [0.15, 0.2) is 0 Å². The van der Waals surface area contributed by atoms with Gasteiger partial charge in [-0.3, -0.25) is 4.79 Å². The third-order valence-corrected chi connectivity index (χ3v) is 3.55. The van der Waals surface area contributed by atoms with Gasteiger partial charge in [-0.05, 0) is 46.5 Å². The van der Waals surface area contributed by atoms with Crippen LogP contribution in [-0.2, 0) is 9.53 Å². The maximum absolute atomic E-state index is 12.2. The van der Waals surface area contributed by atoms with Crippen LogP contribution in [0.25, 0.3) is 0 Å². The van der Waals surface area contributed by atoms with Crippen LogP contribution in [0.15, 0.2) is 0 Å².